The van der Waals surface area contributed by atoms with E-state index in [9.17, 15) is 9.59 Å². The predicted octanol–water partition coefficient (Wildman–Crippen LogP) is 4.68. The van der Waals surface area contributed by atoms with Crippen molar-refractivity contribution in [3.8, 4) is 23.0 Å². The molecule has 1 heterocycles. The quantitative estimate of drug-likeness (QED) is 0.335. The second-order valence-corrected chi connectivity index (χ2v) is 10.3. The highest BCUT2D eigenvalue weighted by Crippen LogP contribution is 2.40. The third-order valence-electron chi connectivity index (χ3n) is 7.90. The first-order valence-electron chi connectivity index (χ1n) is 14.2. The zero-order valence-electron chi connectivity index (χ0n) is 25.1. The molecule has 2 amide bonds. The van der Waals surface area contributed by atoms with E-state index in [4.69, 9.17) is 24.7 Å². The number of aryl methyl sites for hydroxylation is 1. The standard InChI is InChI=1S/C33H41N3O6/c1-6-35(32(37)21-26(33(34)38)23-11-8-7-9-12-23)36-16-10-13-24-19-30(41-4)31(42-5)20-25(24)27(36)17-22-14-15-28(39-2)29(18-22)40-3/h7-9,11-12,14-15,18-20,26-27H,6,10,13,16-17,21H2,1-5H3,(H2,34,38). The van der Waals surface area contributed by atoms with Crippen LogP contribution in [0.2, 0.25) is 0 Å². The number of amides is 2. The van der Waals surface area contributed by atoms with E-state index in [1.807, 2.05) is 67.6 Å². The Labute approximate surface area is 248 Å². The van der Waals surface area contributed by atoms with Gasteiger partial charge >= 0.3 is 0 Å². The van der Waals surface area contributed by atoms with Crippen LogP contribution in [0.5, 0.6) is 23.0 Å². The Kier molecular flexibility index (Phi) is 10.3. The molecule has 0 bridgehead atoms. The number of carbonyl (C=O) groups excluding carboxylic acids is 2. The van der Waals surface area contributed by atoms with Crippen molar-refractivity contribution in [3.05, 3.63) is 82.9 Å². The molecule has 0 aliphatic carbocycles. The van der Waals surface area contributed by atoms with Crippen molar-refractivity contribution in [2.45, 2.75) is 44.6 Å². The maximum atomic E-state index is 14.0. The second kappa shape index (κ2) is 14.1. The summed E-state index contributed by atoms with van der Waals surface area (Å²) >= 11 is 0. The number of rotatable bonds is 12. The van der Waals surface area contributed by atoms with Crippen LogP contribution in [0, 0.1) is 0 Å². The Morgan fingerprint density at radius 3 is 2.17 bits per heavy atom. The summed E-state index contributed by atoms with van der Waals surface area (Å²) in [5.74, 6) is 1.18. The van der Waals surface area contributed by atoms with Gasteiger partial charge in [0.1, 0.15) is 0 Å². The Hall–Kier alpha value is -4.24. The maximum absolute atomic E-state index is 14.0. The number of ether oxygens (including phenoxy) is 4. The molecule has 9 heteroatoms. The van der Waals surface area contributed by atoms with Gasteiger partial charge in [-0.05, 0) is 72.7 Å². The molecule has 0 aromatic heterocycles. The van der Waals surface area contributed by atoms with Gasteiger partial charge < -0.3 is 24.7 Å². The lowest BCUT2D eigenvalue weighted by atomic mass is 9.93. The second-order valence-electron chi connectivity index (χ2n) is 10.3. The molecule has 1 aliphatic rings. The molecule has 0 saturated heterocycles. The number of fused-ring (bicyclic) bond motifs is 1. The van der Waals surface area contributed by atoms with Crippen molar-refractivity contribution in [2.24, 2.45) is 5.73 Å². The lowest BCUT2D eigenvalue weighted by Gasteiger charge is -2.40. The minimum Gasteiger partial charge on any atom is -0.493 e. The molecule has 0 saturated carbocycles. The summed E-state index contributed by atoms with van der Waals surface area (Å²) in [6, 6.07) is 19.0. The number of nitrogens with zero attached hydrogens (tertiary/aromatic N) is 2. The maximum Gasteiger partial charge on any atom is 0.238 e. The molecule has 0 fully saturated rings. The summed E-state index contributed by atoms with van der Waals surface area (Å²) < 4.78 is 22.4. The lowest BCUT2D eigenvalue weighted by molar-refractivity contribution is -0.155. The van der Waals surface area contributed by atoms with E-state index in [1.54, 1.807) is 33.4 Å². The Balaban J connectivity index is 1.76. The number of primary amides is 1. The zero-order valence-corrected chi connectivity index (χ0v) is 25.1. The van der Waals surface area contributed by atoms with Crippen LogP contribution in [-0.4, -0.2) is 63.4 Å². The molecule has 9 nitrogen and oxygen atoms in total. The summed E-state index contributed by atoms with van der Waals surface area (Å²) in [7, 11) is 6.48. The van der Waals surface area contributed by atoms with Crippen LogP contribution in [0.15, 0.2) is 60.7 Å². The highest BCUT2D eigenvalue weighted by Gasteiger charge is 2.34. The third kappa shape index (κ3) is 6.62. The molecule has 1 aliphatic heterocycles. The van der Waals surface area contributed by atoms with E-state index in [0.717, 1.165) is 35.1 Å². The SMILES string of the molecule is CCN(C(=O)CC(C(N)=O)c1ccccc1)N1CCCc2cc(OC)c(OC)cc2C1Cc1ccc(OC)c(OC)c1. The van der Waals surface area contributed by atoms with E-state index in [2.05, 4.69) is 5.01 Å². The van der Waals surface area contributed by atoms with Crippen LogP contribution >= 0.6 is 0 Å². The van der Waals surface area contributed by atoms with Crippen LogP contribution < -0.4 is 24.7 Å². The van der Waals surface area contributed by atoms with Crippen LogP contribution in [0.25, 0.3) is 0 Å². The van der Waals surface area contributed by atoms with Crippen LogP contribution in [0.4, 0.5) is 0 Å². The molecule has 2 N–H and O–H groups in total. The largest absolute Gasteiger partial charge is 0.493 e. The van der Waals surface area contributed by atoms with Crippen molar-refractivity contribution < 1.29 is 28.5 Å². The van der Waals surface area contributed by atoms with Crippen molar-refractivity contribution in [3.63, 3.8) is 0 Å². The molecular weight excluding hydrogens is 534 g/mol. The molecule has 42 heavy (non-hydrogen) atoms. The smallest absolute Gasteiger partial charge is 0.238 e. The minimum absolute atomic E-state index is 0.0223. The fourth-order valence-electron chi connectivity index (χ4n) is 5.80. The van der Waals surface area contributed by atoms with E-state index in [1.165, 1.54) is 0 Å². The molecule has 0 spiro atoms. The molecule has 2 atom stereocenters. The highest BCUT2D eigenvalue weighted by molar-refractivity contribution is 5.88. The van der Waals surface area contributed by atoms with Crippen LogP contribution in [0.3, 0.4) is 0 Å². The minimum atomic E-state index is -0.722. The van der Waals surface area contributed by atoms with E-state index in [-0.39, 0.29) is 18.4 Å². The van der Waals surface area contributed by atoms with Crippen molar-refractivity contribution in [1.29, 1.82) is 0 Å². The zero-order chi connectivity index (χ0) is 30.2. The van der Waals surface area contributed by atoms with Crippen LogP contribution in [-0.2, 0) is 22.4 Å². The first-order chi connectivity index (χ1) is 20.3. The van der Waals surface area contributed by atoms with Crippen molar-refractivity contribution in [2.75, 3.05) is 41.5 Å². The summed E-state index contributed by atoms with van der Waals surface area (Å²) in [5.41, 5.74) is 9.74. The monoisotopic (exact) mass is 575 g/mol. The van der Waals surface area contributed by atoms with Crippen molar-refractivity contribution in [1.82, 2.24) is 10.0 Å². The van der Waals surface area contributed by atoms with Crippen LogP contribution in [0.1, 0.15) is 54.0 Å². The average molecular weight is 576 g/mol. The number of benzene rings is 3. The molecule has 0 radical (unpaired) electrons. The fourth-order valence-corrected chi connectivity index (χ4v) is 5.80. The molecule has 2 unspecified atom stereocenters. The molecule has 3 aromatic carbocycles. The van der Waals surface area contributed by atoms with Gasteiger partial charge in [-0.2, -0.15) is 0 Å². The van der Waals surface area contributed by atoms with Gasteiger partial charge in [-0.15, -0.1) is 0 Å². The molecule has 3 aromatic rings. The van der Waals surface area contributed by atoms with E-state index >= 15 is 0 Å². The number of nitrogens with two attached hydrogens (primary N) is 1. The van der Waals surface area contributed by atoms with Gasteiger partial charge in [0.05, 0.1) is 40.4 Å². The number of carbonyl (C=O) groups is 2. The van der Waals surface area contributed by atoms with Gasteiger partial charge in [-0.3, -0.25) is 14.6 Å². The Bertz CT molecular complexity index is 1380. The summed E-state index contributed by atoms with van der Waals surface area (Å²) in [4.78, 5) is 26.5. The van der Waals surface area contributed by atoms with Gasteiger partial charge in [-0.25, -0.2) is 5.01 Å². The normalized spacial score (nSPS) is 15.6. The summed E-state index contributed by atoms with van der Waals surface area (Å²) in [6.45, 7) is 3.03. The number of hydrazine groups is 1. The summed E-state index contributed by atoms with van der Waals surface area (Å²) in [6.07, 6.45) is 2.21. The number of hydrogen-bond donors (Lipinski definition) is 1. The van der Waals surface area contributed by atoms with Gasteiger partial charge in [-0.1, -0.05) is 36.4 Å². The highest BCUT2D eigenvalue weighted by atomic mass is 16.5. The number of methoxy groups -OCH3 is 4. The first kappa shape index (κ1) is 30.7. The Morgan fingerprint density at radius 2 is 1.55 bits per heavy atom. The predicted molar refractivity (Wildman–Crippen MR) is 161 cm³/mol. The van der Waals surface area contributed by atoms with Crippen molar-refractivity contribution >= 4 is 11.8 Å². The molecular formula is C33H41N3O6. The average Bonchev–Trinajstić information content (AvgIpc) is 3.18. The lowest BCUT2D eigenvalue weighted by Crippen LogP contribution is -2.49. The summed E-state index contributed by atoms with van der Waals surface area (Å²) in [5, 5.41) is 3.91. The molecule has 4 rings (SSSR count). The topological polar surface area (TPSA) is 104 Å². The fraction of sp³-hybridized carbons (Fsp3) is 0.394. The Morgan fingerprint density at radius 1 is 0.905 bits per heavy atom. The van der Waals surface area contributed by atoms with E-state index in [0.29, 0.717) is 42.5 Å². The van der Waals surface area contributed by atoms with E-state index < -0.39 is 11.8 Å². The van der Waals surface area contributed by atoms with Gasteiger partial charge in [0.2, 0.25) is 11.8 Å². The van der Waals surface area contributed by atoms with Gasteiger partial charge in [0.25, 0.3) is 0 Å². The third-order valence-corrected chi connectivity index (χ3v) is 7.90. The van der Waals surface area contributed by atoms with Gasteiger partial charge in [0, 0.05) is 19.5 Å². The first-order valence-corrected chi connectivity index (χ1v) is 14.2. The van der Waals surface area contributed by atoms with Gasteiger partial charge in [0.15, 0.2) is 23.0 Å². The molecule has 224 valence electrons. The number of hydrogen-bond acceptors (Lipinski definition) is 7.